The van der Waals surface area contributed by atoms with Crippen LogP contribution >= 0.6 is 0 Å². The molecular weight excluding hydrogens is 337 g/mol. The number of nitrogens with zero attached hydrogens (tertiary/aromatic N) is 2. The molecule has 1 atom stereocenters. The van der Waals surface area contributed by atoms with Gasteiger partial charge in [0.25, 0.3) is 5.69 Å². The van der Waals surface area contributed by atoms with Crippen LogP contribution < -0.4 is 10.7 Å². The monoisotopic (exact) mass is 352 g/mol. The first-order valence-corrected chi connectivity index (χ1v) is 7.43. The van der Waals surface area contributed by atoms with Gasteiger partial charge in [-0.1, -0.05) is 12.1 Å². The molecule has 1 aromatic carbocycles. The minimum absolute atomic E-state index is 0.0628. The molecular formula is C16H15F3N4O2. The molecule has 1 heterocycles. The summed E-state index contributed by atoms with van der Waals surface area (Å²) in [5.41, 5.74) is 3.73. The number of allylic oxidation sites excluding steroid dienone is 2. The van der Waals surface area contributed by atoms with Crippen LogP contribution in [0.3, 0.4) is 0 Å². The molecule has 1 aromatic rings. The highest BCUT2D eigenvalue weighted by Crippen LogP contribution is 2.34. The fourth-order valence-corrected chi connectivity index (χ4v) is 2.75. The Bertz CT molecular complexity index is 799. The standard InChI is InChI=1S/C16H15F3N4O2/c1-22-9-13-14(6-11(16(17,18)19)7-15(13)21-22)20-8-10-3-2-4-12(5-10)23(24)25/h2-7,9,15,20-21H,8H2,1H3. The summed E-state index contributed by atoms with van der Waals surface area (Å²) in [5, 5.41) is 15.4. The number of nitrogens with one attached hydrogen (secondary N) is 2. The largest absolute Gasteiger partial charge is 0.416 e. The van der Waals surface area contributed by atoms with Crippen LogP contribution in [0.1, 0.15) is 5.56 Å². The van der Waals surface area contributed by atoms with E-state index < -0.39 is 22.7 Å². The van der Waals surface area contributed by atoms with Gasteiger partial charge in [0.05, 0.1) is 16.5 Å². The molecule has 0 saturated carbocycles. The topological polar surface area (TPSA) is 70.4 Å². The molecule has 0 aromatic heterocycles. The zero-order valence-electron chi connectivity index (χ0n) is 13.2. The van der Waals surface area contributed by atoms with Gasteiger partial charge in [-0.3, -0.25) is 10.1 Å². The SMILES string of the molecule is CN1C=C2C(NCc3cccc([N+](=O)[O-])c3)=CC(C(F)(F)F)=CC2N1. The second-order valence-corrected chi connectivity index (χ2v) is 5.76. The summed E-state index contributed by atoms with van der Waals surface area (Å²) >= 11 is 0. The summed E-state index contributed by atoms with van der Waals surface area (Å²) in [6, 6.07) is 5.40. The smallest absolute Gasteiger partial charge is 0.381 e. The van der Waals surface area contributed by atoms with E-state index in [9.17, 15) is 23.3 Å². The van der Waals surface area contributed by atoms with Crippen LogP contribution in [0.2, 0.25) is 0 Å². The molecule has 9 heteroatoms. The summed E-state index contributed by atoms with van der Waals surface area (Å²) in [6.07, 6.45) is -0.554. The molecule has 132 valence electrons. The molecule has 1 aliphatic carbocycles. The number of hydrogen-bond donors (Lipinski definition) is 2. The van der Waals surface area contributed by atoms with Gasteiger partial charge in [-0.2, -0.15) is 13.2 Å². The van der Waals surface area contributed by atoms with Crippen molar-refractivity contribution in [2.75, 3.05) is 7.05 Å². The van der Waals surface area contributed by atoms with Crippen LogP contribution in [0.25, 0.3) is 0 Å². The van der Waals surface area contributed by atoms with Gasteiger partial charge in [-0.05, 0) is 17.7 Å². The summed E-state index contributed by atoms with van der Waals surface area (Å²) < 4.78 is 39.3. The van der Waals surface area contributed by atoms with Gasteiger partial charge < -0.3 is 10.3 Å². The van der Waals surface area contributed by atoms with E-state index in [2.05, 4.69) is 10.7 Å². The van der Waals surface area contributed by atoms with Crippen LogP contribution in [0, 0.1) is 10.1 Å². The zero-order valence-corrected chi connectivity index (χ0v) is 13.2. The number of fused-ring (bicyclic) bond motifs is 1. The van der Waals surface area contributed by atoms with E-state index in [1.54, 1.807) is 30.4 Å². The molecule has 25 heavy (non-hydrogen) atoms. The molecule has 1 aliphatic heterocycles. The normalized spacial score (nSPS) is 19.8. The third-order valence-corrected chi connectivity index (χ3v) is 3.90. The summed E-state index contributed by atoms with van der Waals surface area (Å²) in [5.74, 6) is 0. The Morgan fingerprint density at radius 1 is 1.40 bits per heavy atom. The minimum Gasteiger partial charge on any atom is -0.381 e. The molecule has 2 N–H and O–H groups in total. The number of benzene rings is 1. The van der Waals surface area contributed by atoms with Gasteiger partial charge in [0.2, 0.25) is 0 Å². The van der Waals surface area contributed by atoms with Crippen LogP contribution in [0.15, 0.2) is 59.5 Å². The number of nitro benzene ring substituents is 1. The lowest BCUT2D eigenvalue weighted by molar-refractivity contribution is -0.384. The fraction of sp³-hybridized carbons (Fsp3) is 0.250. The lowest BCUT2D eigenvalue weighted by atomic mass is 9.95. The Labute approximate surface area is 141 Å². The Balaban J connectivity index is 1.83. The molecule has 6 nitrogen and oxygen atoms in total. The Kier molecular flexibility index (Phi) is 4.25. The maximum absolute atomic E-state index is 13.1. The van der Waals surface area contributed by atoms with E-state index in [0.717, 1.165) is 12.2 Å². The average molecular weight is 352 g/mol. The Hall–Kier alpha value is -2.81. The lowest BCUT2D eigenvalue weighted by Gasteiger charge is -2.23. The first kappa shape index (κ1) is 17.0. The van der Waals surface area contributed by atoms with Crippen molar-refractivity contribution < 1.29 is 18.1 Å². The molecule has 2 aliphatic rings. The summed E-state index contributed by atoms with van der Waals surface area (Å²) in [6.45, 7) is 0.173. The van der Waals surface area contributed by atoms with Gasteiger partial charge in [0.15, 0.2) is 0 Å². The van der Waals surface area contributed by atoms with E-state index in [-0.39, 0.29) is 12.2 Å². The van der Waals surface area contributed by atoms with Crippen molar-refractivity contribution in [3.63, 3.8) is 0 Å². The third-order valence-electron chi connectivity index (χ3n) is 3.90. The number of non-ortho nitro benzene ring substituents is 1. The van der Waals surface area contributed by atoms with Crippen LogP contribution in [0.4, 0.5) is 18.9 Å². The van der Waals surface area contributed by atoms with Gasteiger partial charge in [-0.25, -0.2) is 5.43 Å². The molecule has 0 saturated heterocycles. The number of halogens is 3. The van der Waals surface area contributed by atoms with Crippen molar-refractivity contribution in [3.05, 3.63) is 75.1 Å². The first-order chi connectivity index (χ1) is 11.7. The van der Waals surface area contributed by atoms with Crippen molar-refractivity contribution >= 4 is 5.69 Å². The van der Waals surface area contributed by atoms with Crippen LogP contribution in [-0.4, -0.2) is 29.2 Å². The van der Waals surface area contributed by atoms with E-state index >= 15 is 0 Å². The zero-order chi connectivity index (χ0) is 18.2. The number of nitro groups is 1. The van der Waals surface area contributed by atoms with E-state index in [1.807, 2.05) is 0 Å². The predicted octanol–water partition coefficient (Wildman–Crippen LogP) is 2.77. The van der Waals surface area contributed by atoms with Crippen LogP contribution in [0.5, 0.6) is 0 Å². The highest BCUT2D eigenvalue weighted by Gasteiger charge is 2.38. The second-order valence-electron chi connectivity index (χ2n) is 5.76. The van der Waals surface area contributed by atoms with E-state index in [0.29, 0.717) is 16.8 Å². The number of alkyl halides is 3. The van der Waals surface area contributed by atoms with E-state index in [4.69, 9.17) is 0 Å². The average Bonchev–Trinajstić information content (AvgIpc) is 2.92. The van der Waals surface area contributed by atoms with Crippen molar-refractivity contribution in [2.45, 2.75) is 18.8 Å². The Morgan fingerprint density at radius 2 is 2.16 bits per heavy atom. The highest BCUT2D eigenvalue weighted by molar-refractivity contribution is 5.50. The van der Waals surface area contributed by atoms with Crippen molar-refractivity contribution in [3.8, 4) is 0 Å². The molecule has 0 bridgehead atoms. The second kappa shape index (κ2) is 6.25. The lowest BCUT2D eigenvalue weighted by Crippen LogP contribution is -2.36. The Morgan fingerprint density at radius 3 is 2.84 bits per heavy atom. The van der Waals surface area contributed by atoms with Crippen LogP contribution in [-0.2, 0) is 6.54 Å². The molecule has 0 spiro atoms. The van der Waals surface area contributed by atoms with Gasteiger partial charge >= 0.3 is 6.18 Å². The van der Waals surface area contributed by atoms with Crippen molar-refractivity contribution in [2.24, 2.45) is 0 Å². The molecule has 3 rings (SSSR count). The minimum atomic E-state index is -4.45. The molecule has 0 amide bonds. The molecule has 0 radical (unpaired) electrons. The summed E-state index contributed by atoms with van der Waals surface area (Å²) in [4.78, 5) is 10.3. The van der Waals surface area contributed by atoms with E-state index in [1.165, 1.54) is 12.1 Å². The van der Waals surface area contributed by atoms with Gasteiger partial charge in [-0.15, -0.1) is 0 Å². The van der Waals surface area contributed by atoms with Crippen molar-refractivity contribution in [1.29, 1.82) is 0 Å². The quantitative estimate of drug-likeness (QED) is 0.644. The number of hydrazine groups is 1. The molecule has 0 fully saturated rings. The first-order valence-electron chi connectivity index (χ1n) is 7.43. The number of hydrogen-bond acceptors (Lipinski definition) is 5. The van der Waals surface area contributed by atoms with Crippen molar-refractivity contribution in [1.82, 2.24) is 15.8 Å². The highest BCUT2D eigenvalue weighted by atomic mass is 19.4. The third kappa shape index (κ3) is 3.66. The molecule has 1 unspecified atom stereocenters. The van der Waals surface area contributed by atoms with Gasteiger partial charge in [0.1, 0.15) is 0 Å². The summed E-state index contributed by atoms with van der Waals surface area (Å²) in [7, 11) is 1.70. The number of rotatable bonds is 4. The maximum atomic E-state index is 13.1. The van der Waals surface area contributed by atoms with Gasteiger partial charge in [0, 0.05) is 43.2 Å². The fourth-order valence-electron chi connectivity index (χ4n) is 2.75. The predicted molar refractivity (Wildman–Crippen MR) is 84.9 cm³/mol. The maximum Gasteiger partial charge on any atom is 0.416 e.